The van der Waals surface area contributed by atoms with Gasteiger partial charge < -0.3 is 28.2 Å². The first kappa shape index (κ1) is 10.9. The average Bonchev–Trinajstić information content (AvgIpc) is 2.39. The summed E-state index contributed by atoms with van der Waals surface area (Å²) in [5, 5.41) is 8.42. The van der Waals surface area contributed by atoms with Crippen LogP contribution in [0.1, 0.15) is 5.69 Å². The van der Waals surface area contributed by atoms with E-state index in [0.29, 0.717) is 0 Å². The molecular formula is C6H9ClN3O2-. The van der Waals surface area contributed by atoms with Crippen LogP contribution in [-0.4, -0.2) is 27.1 Å². The molecule has 0 amide bonds. The van der Waals surface area contributed by atoms with Crippen LogP contribution < -0.4 is 18.1 Å². The van der Waals surface area contributed by atoms with Gasteiger partial charge >= 0.3 is 5.97 Å². The van der Waals surface area contributed by atoms with Crippen molar-refractivity contribution < 1.29 is 22.3 Å². The van der Waals surface area contributed by atoms with Gasteiger partial charge in [-0.2, -0.15) is 0 Å². The highest BCUT2D eigenvalue weighted by molar-refractivity contribution is 5.73. The van der Waals surface area contributed by atoms with Gasteiger partial charge in [-0.15, -0.1) is 0 Å². The number of hydrogen-bond acceptors (Lipinski definition) is 3. The summed E-state index contributed by atoms with van der Waals surface area (Å²) < 4.78 is 0. The number of nitrogens with two attached hydrogens (primary N) is 1. The molecule has 0 radical (unpaired) electrons. The smallest absolute Gasteiger partial charge is 0.320 e. The third kappa shape index (κ3) is 2.89. The zero-order valence-corrected chi connectivity index (χ0v) is 6.95. The summed E-state index contributed by atoms with van der Waals surface area (Å²) >= 11 is 0. The topological polar surface area (TPSA) is 92.0 Å². The average molecular weight is 191 g/mol. The number of nitrogens with zero attached hydrogens (tertiary/aromatic N) is 1. The Kier molecular flexibility index (Phi) is 4.31. The zero-order chi connectivity index (χ0) is 8.27. The predicted molar refractivity (Wildman–Crippen MR) is 37.9 cm³/mol. The molecule has 0 fully saturated rings. The van der Waals surface area contributed by atoms with E-state index in [1.807, 2.05) is 0 Å². The number of H-pyrrole nitrogens is 1. The fourth-order valence-electron chi connectivity index (χ4n) is 0.721. The summed E-state index contributed by atoms with van der Waals surface area (Å²) in [5.74, 6) is -1.00. The zero-order valence-electron chi connectivity index (χ0n) is 6.20. The summed E-state index contributed by atoms with van der Waals surface area (Å²) in [5.41, 5.74) is 6.00. The van der Waals surface area contributed by atoms with E-state index in [2.05, 4.69) is 9.97 Å². The lowest BCUT2D eigenvalue weighted by atomic mass is 10.2. The lowest BCUT2D eigenvalue weighted by Gasteiger charge is -2.02. The monoisotopic (exact) mass is 190 g/mol. The third-order valence-corrected chi connectivity index (χ3v) is 1.31. The minimum Gasteiger partial charge on any atom is -1.00 e. The number of aromatic nitrogens is 2. The lowest BCUT2D eigenvalue weighted by molar-refractivity contribution is -0.138. The fourth-order valence-corrected chi connectivity index (χ4v) is 0.721. The van der Waals surface area contributed by atoms with Crippen molar-refractivity contribution in [3.05, 3.63) is 18.2 Å². The first-order chi connectivity index (χ1) is 5.20. The van der Waals surface area contributed by atoms with E-state index in [9.17, 15) is 4.79 Å². The number of carboxylic acid groups (broad SMARTS) is 1. The van der Waals surface area contributed by atoms with E-state index < -0.39 is 12.0 Å². The van der Waals surface area contributed by atoms with Gasteiger partial charge in [0.1, 0.15) is 6.04 Å². The van der Waals surface area contributed by atoms with Crippen molar-refractivity contribution in [1.82, 2.24) is 9.97 Å². The molecular weight excluding hydrogens is 182 g/mol. The Hall–Kier alpha value is -1.07. The second kappa shape index (κ2) is 4.74. The first-order valence-corrected chi connectivity index (χ1v) is 3.16. The van der Waals surface area contributed by atoms with Crippen LogP contribution in [0.3, 0.4) is 0 Å². The number of nitrogens with one attached hydrogen (secondary N) is 1. The molecule has 1 atom stereocenters. The standard InChI is InChI=1S/C6H9N3O2.ClH/c7-5(6(10)11)1-4-2-8-3-9-4;/h2-3,5H,1,7H2,(H,8,9)(H,10,11);1H/p-1/t5-;/m0./s1. The highest BCUT2D eigenvalue weighted by Crippen LogP contribution is 1.95. The van der Waals surface area contributed by atoms with Crippen molar-refractivity contribution in [3.63, 3.8) is 0 Å². The van der Waals surface area contributed by atoms with E-state index >= 15 is 0 Å². The Morgan fingerprint density at radius 3 is 2.92 bits per heavy atom. The van der Waals surface area contributed by atoms with Crippen molar-refractivity contribution in [3.8, 4) is 0 Å². The number of carboxylic acids is 1. The van der Waals surface area contributed by atoms with Gasteiger partial charge in [0.2, 0.25) is 0 Å². The van der Waals surface area contributed by atoms with Crippen LogP contribution in [0.5, 0.6) is 0 Å². The van der Waals surface area contributed by atoms with E-state index in [1.54, 1.807) is 6.20 Å². The van der Waals surface area contributed by atoms with Crippen molar-refractivity contribution in [2.75, 3.05) is 0 Å². The Morgan fingerprint density at radius 1 is 1.83 bits per heavy atom. The summed E-state index contributed by atoms with van der Waals surface area (Å²) in [6, 6.07) is -0.851. The highest BCUT2D eigenvalue weighted by Gasteiger charge is 2.11. The molecule has 0 spiro atoms. The molecule has 0 saturated carbocycles. The summed E-state index contributed by atoms with van der Waals surface area (Å²) in [4.78, 5) is 16.8. The van der Waals surface area contributed by atoms with Crippen molar-refractivity contribution >= 4 is 5.97 Å². The number of halogens is 1. The van der Waals surface area contributed by atoms with Crippen LogP contribution in [0.2, 0.25) is 0 Å². The van der Waals surface area contributed by atoms with Crippen molar-refractivity contribution in [2.24, 2.45) is 5.73 Å². The number of carbonyl (C=O) groups is 1. The maximum atomic E-state index is 10.3. The summed E-state index contributed by atoms with van der Waals surface area (Å²) in [6.45, 7) is 0. The number of imidazole rings is 1. The fraction of sp³-hybridized carbons (Fsp3) is 0.333. The van der Waals surface area contributed by atoms with E-state index in [4.69, 9.17) is 10.8 Å². The maximum absolute atomic E-state index is 10.3. The predicted octanol–water partition coefficient (Wildman–Crippen LogP) is -3.63. The Labute approximate surface area is 75.4 Å². The van der Waals surface area contributed by atoms with Gasteiger partial charge in [-0.1, -0.05) is 0 Å². The van der Waals surface area contributed by atoms with Gasteiger partial charge in [0, 0.05) is 18.3 Å². The molecule has 0 aliphatic heterocycles. The maximum Gasteiger partial charge on any atom is 0.320 e. The molecule has 1 aromatic rings. The first-order valence-electron chi connectivity index (χ1n) is 3.16. The van der Waals surface area contributed by atoms with Crippen LogP contribution in [0, 0.1) is 0 Å². The van der Waals surface area contributed by atoms with Crippen LogP contribution in [0.15, 0.2) is 12.5 Å². The van der Waals surface area contributed by atoms with Gasteiger partial charge in [0.15, 0.2) is 0 Å². The van der Waals surface area contributed by atoms with Crippen molar-refractivity contribution in [1.29, 1.82) is 0 Å². The number of hydrogen-bond donors (Lipinski definition) is 3. The molecule has 5 nitrogen and oxygen atoms in total. The summed E-state index contributed by atoms with van der Waals surface area (Å²) in [6.07, 6.45) is 3.34. The second-order valence-corrected chi connectivity index (χ2v) is 2.23. The molecule has 1 heterocycles. The molecule has 0 aliphatic rings. The van der Waals surface area contributed by atoms with Gasteiger partial charge in [0.25, 0.3) is 0 Å². The van der Waals surface area contributed by atoms with Crippen LogP contribution in [-0.2, 0) is 11.2 Å². The Bertz CT molecular complexity index is 237. The molecule has 0 saturated heterocycles. The largest absolute Gasteiger partial charge is 1.00 e. The number of rotatable bonds is 3. The molecule has 0 aliphatic carbocycles. The van der Waals surface area contributed by atoms with Gasteiger partial charge in [-0.05, 0) is 0 Å². The lowest BCUT2D eigenvalue weighted by Crippen LogP contribution is -3.00. The normalized spacial score (nSPS) is 11.8. The molecule has 0 unspecified atom stereocenters. The molecule has 6 heteroatoms. The number of aromatic amines is 1. The summed E-state index contributed by atoms with van der Waals surface area (Å²) in [7, 11) is 0. The molecule has 68 valence electrons. The molecule has 1 aromatic heterocycles. The van der Waals surface area contributed by atoms with E-state index in [1.165, 1.54) is 6.33 Å². The SMILES string of the molecule is N[C@@H](Cc1cnc[nH]1)C(=O)O.[Cl-]. The Balaban J connectivity index is 0.00000121. The second-order valence-electron chi connectivity index (χ2n) is 2.23. The van der Waals surface area contributed by atoms with Crippen LogP contribution in [0.25, 0.3) is 0 Å². The van der Waals surface area contributed by atoms with Gasteiger partial charge in [-0.3, -0.25) is 4.79 Å². The van der Waals surface area contributed by atoms with Crippen LogP contribution >= 0.6 is 0 Å². The highest BCUT2D eigenvalue weighted by atomic mass is 35.5. The minimum absolute atomic E-state index is 0. The Morgan fingerprint density at radius 2 is 2.50 bits per heavy atom. The quantitative estimate of drug-likeness (QED) is 0.459. The van der Waals surface area contributed by atoms with Gasteiger partial charge in [-0.25, -0.2) is 4.98 Å². The molecule has 1 rings (SSSR count). The number of aliphatic carboxylic acids is 1. The minimum atomic E-state index is -1.00. The van der Waals surface area contributed by atoms with Crippen LogP contribution in [0.4, 0.5) is 0 Å². The molecule has 0 bridgehead atoms. The third-order valence-electron chi connectivity index (χ3n) is 1.31. The van der Waals surface area contributed by atoms with E-state index in [-0.39, 0.29) is 18.8 Å². The molecule has 0 aromatic carbocycles. The molecule has 12 heavy (non-hydrogen) atoms. The molecule has 4 N–H and O–H groups in total. The van der Waals surface area contributed by atoms with Gasteiger partial charge in [0.05, 0.1) is 6.33 Å². The van der Waals surface area contributed by atoms with E-state index in [0.717, 1.165) is 5.69 Å². The van der Waals surface area contributed by atoms with Crippen molar-refractivity contribution in [2.45, 2.75) is 12.5 Å².